The predicted octanol–water partition coefficient (Wildman–Crippen LogP) is 2.68. The van der Waals surface area contributed by atoms with Crippen LogP contribution in [0.3, 0.4) is 0 Å². The maximum Gasteiger partial charge on any atom is 0.301 e. The zero-order valence-corrected chi connectivity index (χ0v) is 26.1. The molecule has 3 fully saturated rings. The van der Waals surface area contributed by atoms with Crippen molar-refractivity contribution >= 4 is 23.2 Å². The fourth-order valence-corrected chi connectivity index (χ4v) is 5.92. The Bertz CT molecular complexity index is 1640. The van der Waals surface area contributed by atoms with Crippen LogP contribution in [0.25, 0.3) is 11.3 Å². The first-order chi connectivity index (χ1) is 22.6. The number of hydrogen-bond acceptors (Lipinski definition) is 12. The van der Waals surface area contributed by atoms with Crippen LogP contribution in [-0.2, 0) is 9.53 Å². The Balaban J connectivity index is 1.12. The second kappa shape index (κ2) is 13.6. The maximum absolute atomic E-state index is 14.9. The van der Waals surface area contributed by atoms with Crippen LogP contribution in [0.4, 0.5) is 26.1 Å². The van der Waals surface area contributed by atoms with E-state index in [2.05, 4.69) is 30.1 Å². The molecule has 0 radical (unpaired) electrons. The quantitative estimate of drug-likeness (QED) is 0.351. The Morgan fingerprint density at radius 3 is 2.57 bits per heavy atom. The van der Waals surface area contributed by atoms with Crippen molar-refractivity contribution in [2.45, 2.75) is 37.5 Å². The summed E-state index contributed by atoms with van der Waals surface area (Å²) in [5.74, 6) is -2.69. The lowest BCUT2D eigenvalue weighted by Crippen LogP contribution is -2.56. The van der Waals surface area contributed by atoms with Gasteiger partial charge in [-0.05, 0) is 37.3 Å². The number of carbonyl (C=O) groups excluding carboxylic acids is 1. The molecular weight excluding hydrogens is 614 g/mol. The molecule has 6 rings (SSSR count). The van der Waals surface area contributed by atoms with Gasteiger partial charge in [-0.2, -0.15) is 10.2 Å². The largest absolute Gasteiger partial charge is 0.483 e. The van der Waals surface area contributed by atoms with E-state index in [0.717, 1.165) is 50.0 Å². The molecule has 0 aliphatic carbocycles. The summed E-state index contributed by atoms with van der Waals surface area (Å²) >= 11 is 0. The molecule has 3 aliphatic rings. The van der Waals surface area contributed by atoms with Gasteiger partial charge in [0.2, 0.25) is 5.88 Å². The number of amides is 1. The van der Waals surface area contributed by atoms with Crippen LogP contribution < -0.4 is 19.7 Å². The number of pyridine rings is 1. The molecule has 1 aromatic carbocycles. The molecule has 2 atom stereocenters. The third kappa shape index (κ3) is 7.04. The molecule has 3 aliphatic heterocycles. The van der Waals surface area contributed by atoms with Crippen molar-refractivity contribution in [1.82, 2.24) is 24.8 Å². The standard InChI is InChI=1S/C32H36F2N8O5/c1-20(43)31(44)42-8-7-27(32(33,34)18-42)47-26-5-3-21(13-22(26)15-35)24-14-29(37-19-36-24)38-28-6-4-25(30(39-28)45-2)41-11-9-40(10-12-41)23-16-46-17-23/h3-6,13-14,19-20,23,27,43H,7-12,16-18H2,1-2H3,(H,36,37,38,39)/t20?,27-/m0/s1. The van der Waals surface area contributed by atoms with Crippen molar-refractivity contribution in [3.05, 3.63) is 48.3 Å². The van der Waals surface area contributed by atoms with Gasteiger partial charge in [0.15, 0.2) is 6.10 Å². The van der Waals surface area contributed by atoms with Crippen molar-refractivity contribution in [3.63, 3.8) is 0 Å². The van der Waals surface area contributed by atoms with Gasteiger partial charge in [0.25, 0.3) is 5.91 Å². The van der Waals surface area contributed by atoms with Gasteiger partial charge in [-0.25, -0.2) is 18.7 Å². The van der Waals surface area contributed by atoms with E-state index < -0.39 is 30.6 Å². The summed E-state index contributed by atoms with van der Waals surface area (Å²) in [5.41, 5.74) is 2.00. The summed E-state index contributed by atoms with van der Waals surface area (Å²) in [4.78, 5) is 30.9. The number of methoxy groups -OCH3 is 1. The molecule has 2 N–H and O–H groups in total. The minimum Gasteiger partial charge on any atom is -0.483 e. The van der Waals surface area contributed by atoms with E-state index in [1.165, 1.54) is 25.4 Å². The Kier molecular flexibility index (Phi) is 9.35. The van der Waals surface area contributed by atoms with Crippen molar-refractivity contribution < 1.29 is 32.9 Å². The number of aliphatic hydroxyl groups is 1. The van der Waals surface area contributed by atoms with E-state index in [0.29, 0.717) is 34.8 Å². The van der Waals surface area contributed by atoms with Crippen LogP contribution in [-0.4, -0.2) is 120 Å². The number of aromatic nitrogens is 3. The molecule has 47 heavy (non-hydrogen) atoms. The number of anilines is 3. The predicted molar refractivity (Wildman–Crippen MR) is 167 cm³/mol. The highest BCUT2D eigenvalue weighted by Gasteiger charge is 2.48. The van der Waals surface area contributed by atoms with E-state index in [9.17, 15) is 23.9 Å². The lowest BCUT2D eigenvalue weighted by molar-refractivity contribution is -0.165. The lowest BCUT2D eigenvalue weighted by atomic mass is 10.0. The Hall–Kier alpha value is -4.65. The molecule has 3 saturated heterocycles. The Morgan fingerprint density at radius 2 is 1.91 bits per heavy atom. The molecule has 1 amide bonds. The number of nitrogens with zero attached hydrogens (tertiary/aromatic N) is 7. The smallest absolute Gasteiger partial charge is 0.301 e. The first-order valence-corrected chi connectivity index (χ1v) is 15.4. The minimum atomic E-state index is -3.38. The summed E-state index contributed by atoms with van der Waals surface area (Å²) in [6.07, 6.45) is -1.71. The average Bonchev–Trinajstić information content (AvgIpc) is 3.05. The number of nitrogens with one attached hydrogen (secondary N) is 1. The summed E-state index contributed by atoms with van der Waals surface area (Å²) < 4.78 is 46.4. The minimum absolute atomic E-state index is 0.00140. The van der Waals surface area contributed by atoms with Crippen LogP contribution >= 0.6 is 0 Å². The topological polar surface area (TPSA) is 149 Å². The molecule has 5 heterocycles. The van der Waals surface area contributed by atoms with Crippen LogP contribution in [0.5, 0.6) is 11.6 Å². The highest BCUT2D eigenvalue weighted by Crippen LogP contribution is 2.35. The third-order valence-corrected chi connectivity index (χ3v) is 8.62. The number of likely N-dealkylation sites (tertiary alicyclic amines) is 1. The SMILES string of the molecule is COc1nc(Nc2cc(-c3ccc(O[C@H]4CCN(C(=O)C(C)O)CC4(F)F)c(C#N)c3)ncn2)ccc1N1CCN(C2COC2)CC1. The fraction of sp³-hybridized carbons (Fsp3) is 0.469. The molecule has 248 valence electrons. The summed E-state index contributed by atoms with van der Waals surface area (Å²) in [5, 5.41) is 22.5. The Labute approximate surface area is 270 Å². The summed E-state index contributed by atoms with van der Waals surface area (Å²) in [7, 11) is 1.59. The van der Waals surface area contributed by atoms with E-state index in [1.54, 1.807) is 19.2 Å². The maximum atomic E-state index is 14.9. The summed E-state index contributed by atoms with van der Waals surface area (Å²) in [6, 6.07) is 12.6. The van der Waals surface area contributed by atoms with Crippen molar-refractivity contribution in [1.29, 1.82) is 5.26 Å². The van der Waals surface area contributed by atoms with Crippen molar-refractivity contribution in [3.8, 4) is 29.0 Å². The molecule has 13 nitrogen and oxygen atoms in total. The number of halogens is 2. The zero-order valence-electron chi connectivity index (χ0n) is 26.1. The van der Waals surface area contributed by atoms with Gasteiger partial charge in [-0.3, -0.25) is 9.69 Å². The van der Waals surface area contributed by atoms with Gasteiger partial charge in [0.1, 0.15) is 41.6 Å². The fourth-order valence-electron chi connectivity index (χ4n) is 5.92. The van der Waals surface area contributed by atoms with Crippen molar-refractivity contribution in [2.75, 3.05) is 69.8 Å². The van der Waals surface area contributed by atoms with Crippen LogP contribution in [0.15, 0.2) is 42.7 Å². The molecule has 2 aromatic heterocycles. The number of piperidine rings is 1. The average molecular weight is 651 g/mol. The van der Waals surface area contributed by atoms with E-state index in [4.69, 9.17) is 14.2 Å². The van der Waals surface area contributed by atoms with Crippen LogP contribution in [0.2, 0.25) is 0 Å². The van der Waals surface area contributed by atoms with E-state index >= 15 is 0 Å². The Morgan fingerprint density at radius 1 is 1.13 bits per heavy atom. The second-order valence-electron chi connectivity index (χ2n) is 11.8. The highest BCUT2D eigenvalue weighted by molar-refractivity contribution is 5.80. The monoisotopic (exact) mass is 650 g/mol. The number of nitriles is 1. The number of ether oxygens (including phenoxy) is 3. The first kappa shape index (κ1) is 32.3. The van der Waals surface area contributed by atoms with Crippen molar-refractivity contribution in [2.24, 2.45) is 0 Å². The second-order valence-corrected chi connectivity index (χ2v) is 11.8. The molecule has 15 heteroatoms. The first-order valence-electron chi connectivity index (χ1n) is 15.4. The number of piperazine rings is 1. The van der Waals surface area contributed by atoms with Gasteiger partial charge >= 0.3 is 5.92 Å². The zero-order chi connectivity index (χ0) is 33.1. The number of alkyl halides is 2. The number of carbonyl (C=O) groups is 1. The third-order valence-electron chi connectivity index (χ3n) is 8.62. The molecule has 0 bridgehead atoms. The van der Waals surface area contributed by atoms with Gasteiger partial charge in [-0.15, -0.1) is 0 Å². The highest BCUT2D eigenvalue weighted by atomic mass is 19.3. The molecule has 3 aromatic rings. The van der Waals surface area contributed by atoms with Gasteiger partial charge < -0.3 is 34.4 Å². The molecule has 0 spiro atoms. The lowest BCUT2D eigenvalue weighted by Gasteiger charge is -2.43. The normalized spacial score (nSPS) is 20.6. The van der Waals surface area contributed by atoms with E-state index in [-0.39, 0.29) is 24.3 Å². The number of benzene rings is 1. The van der Waals surface area contributed by atoms with Gasteiger partial charge in [0, 0.05) is 50.8 Å². The van der Waals surface area contributed by atoms with Crippen LogP contribution in [0, 0.1) is 11.3 Å². The van der Waals surface area contributed by atoms with Gasteiger partial charge in [0.05, 0.1) is 44.2 Å². The van der Waals surface area contributed by atoms with E-state index in [1.807, 2.05) is 18.2 Å². The molecular formula is C32H36F2N8O5. The summed E-state index contributed by atoms with van der Waals surface area (Å²) in [6.45, 7) is 5.56. The van der Waals surface area contributed by atoms with Gasteiger partial charge in [-0.1, -0.05) is 0 Å². The number of hydrogen-bond donors (Lipinski definition) is 2. The molecule has 0 saturated carbocycles. The number of rotatable bonds is 9. The number of aliphatic hydroxyl groups excluding tert-OH is 1. The molecule has 1 unspecified atom stereocenters. The van der Waals surface area contributed by atoms with Crippen LogP contribution in [0.1, 0.15) is 18.9 Å².